The number of benzene rings is 1. The number of nitrogens with zero attached hydrogens (tertiary/aromatic N) is 2. The summed E-state index contributed by atoms with van der Waals surface area (Å²) in [4.78, 5) is 19.6. The van der Waals surface area contributed by atoms with Crippen LogP contribution in [0.3, 0.4) is 0 Å². The first-order chi connectivity index (χ1) is 14.1. The molecule has 1 N–H and O–H groups in total. The van der Waals surface area contributed by atoms with Gasteiger partial charge in [-0.2, -0.15) is 0 Å². The van der Waals surface area contributed by atoms with Crippen LogP contribution in [0.25, 0.3) is 0 Å². The topological polar surface area (TPSA) is 54.5 Å². The number of amides is 1. The molecule has 0 spiro atoms. The van der Waals surface area contributed by atoms with E-state index in [-0.39, 0.29) is 24.0 Å². The molecule has 2 aromatic rings. The van der Waals surface area contributed by atoms with Gasteiger partial charge in [0.15, 0.2) is 6.61 Å². The fourth-order valence-corrected chi connectivity index (χ4v) is 5.98. The zero-order valence-electron chi connectivity index (χ0n) is 17.0. The van der Waals surface area contributed by atoms with Crippen LogP contribution in [0, 0.1) is 5.41 Å². The lowest BCUT2D eigenvalue weighted by molar-refractivity contribution is -0.137. The Hall–Kier alpha value is -2.40. The molecule has 5 atom stereocenters. The minimum absolute atomic E-state index is 0.0809. The van der Waals surface area contributed by atoms with Gasteiger partial charge in [-0.25, -0.2) is 0 Å². The lowest BCUT2D eigenvalue weighted by Gasteiger charge is -2.46. The van der Waals surface area contributed by atoms with Crippen molar-refractivity contribution < 1.29 is 9.53 Å². The molecule has 1 aromatic heterocycles. The van der Waals surface area contributed by atoms with Gasteiger partial charge >= 0.3 is 0 Å². The first kappa shape index (κ1) is 18.6. The molecule has 2 aliphatic heterocycles. The first-order valence-corrected chi connectivity index (χ1v) is 10.8. The Morgan fingerprint density at radius 2 is 2.10 bits per heavy atom. The predicted molar refractivity (Wildman–Crippen MR) is 112 cm³/mol. The number of rotatable bonds is 5. The van der Waals surface area contributed by atoms with Gasteiger partial charge in [-0.15, -0.1) is 0 Å². The van der Waals surface area contributed by atoms with Gasteiger partial charge in [0.2, 0.25) is 0 Å². The molecular formula is C24H29N3O2. The number of piperidine rings is 1. The summed E-state index contributed by atoms with van der Waals surface area (Å²) in [6, 6.07) is 15.6. The van der Waals surface area contributed by atoms with Crippen molar-refractivity contribution in [2.45, 2.75) is 63.2 Å². The molecule has 152 valence electrons. The van der Waals surface area contributed by atoms with E-state index in [2.05, 4.69) is 52.5 Å². The molecule has 29 heavy (non-hydrogen) atoms. The minimum atomic E-state index is 0.0809. The Bertz CT molecular complexity index is 859. The number of carbonyl (C=O) groups excluding carboxylic acids is 1. The van der Waals surface area contributed by atoms with Crippen molar-refractivity contribution in [1.29, 1.82) is 0 Å². The smallest absolute Gasteiger partial charge is 0.261 e. The fourth-order valence-electron chi connectivity index (χ4n) is 5.98. The molecule has 0 unspecified atom stereocenters. The Labute approximate surface area is 172 Å². The summed E-state index contributed by atoms with van der Waals surface area (Å²) in [5.74, 6) is 0.754. The normalized spacial score (nSPS) is 32.8. The molecule has 3 heterocycles. The average Bonchev–Trinajstić information content (AvgIpc) is 3.06. The van der Waals surface area contributed by atoms with Crippen molar-refractivity contribution in [3.63, 3.8) is 0 Å². The maximum Gasteiger partial charge on any atom is 0.261 e. The van der Waals surface area contributed by atoms with Crippen molar-refractivity contribution >= 4 is 5.91 Å². The summed E-state index contributed by atoms with van der Waals surface area (Å²) in [5.41, 5.74) is 1.49. The maximum atomic E-state index is 13.4. The van der Waals surface area contributed by atoms with Crippen LogP contribution in [0.15, 0.2) is 54.9 Å². The van der Waals surface area contributed by atoms with Crippen LogP contribution in [-0.2, 0) is 11.2 Å². The summed E-state index contributed by atoms with van der Waals surface area (Å²) in [5, 5.41) is 3.95. The van der Waals surface area contributed by atoms with Crippen LogP contribution in [0.1, 0.15) is 38.2 Å². The Kier molecular flexibility index (Phi) is 4.78. The van der Waals surface area contributed by atoms with Crippen LogP contribution >= 0.6 is 0 Å². The number of ether oxygens (including phenoxy) is 1. The van der Waals surface area contributed by atoms with Crippen LogP contribution in [0.4, 0.5) is 0 Å². The van der Waals surface area contributed by atoms with Gasteiger partial charge in [0, 0.05) is 35.8 Å². The van der Waals surface area contributed by atoms with Crippen molar-refractivity contribution in [2.24, 2.45) is 5.41 Å². The molecule has 1 saturated carbocycles. The molecular weight excluding hydrogens is 362 g/mol. The third-order valence-electron chi connectivity index (χ3n) is 7.33. The van der Waals surface area contributed by atoms with Crippen molar-refractivity contribution in [3.05, 3.63) is 60.4 Å². The summed E-state index contributed by atoms with van der Waals surface area (Å²) in [6.45, 7) is 2.47. The number of nitrogens with one attached hydrogen (secondary N) is 1. The molecule has 5 heteroatoms. The van der Waals surface area contributed by atoms with Gasteiger partial charge in [0.25, 0.3) is 5.91 Å². The third-order valence-corrected chi connectivity index (χ3v) is 7.33. The van der Waals surface area contributed by atoms with Crippen molar-refractivity contribution in [3.8, 4) is 5.75 Å². The number of fused-ring (bicyclic) bond motifs is 1. The minimum Gasteiger partial charge on any atom is -0.482 e. The van der Waals surface area contributed by atoms with E-state index in [1.165, 1.54) is 18.4 Å². The number of carbonyl (C=O) groups is 1. The quantitative estimate of drug-likeness (QED) is 0.850. The molecule has 3 aliphatic rings. The molecule has 1 amide bonds. The summed E-state index contributed by atoms with van der Waals surface area (Å²) >= 11 is 0. The van der Waals surface area contributed by atoms with Crippen molar-refractivity contribution in [1.82, 2.24) is 15.2 Å². The van der Waals surface area contributed by atoms with Crippen LogP contribution < -0.4 is 10.1 Å². The van der Waals surface area contributed by atoms with E-state index in [1.807, 2.05) is 12.1 Å². The van der Waals surface area contributed by atoms with Gasteiger partial charge in [-0.1, -0.05) is 37.3 Å². The highest BCUT2D eigenvalue weighted by atomic mass is 16.5. The largest absolute Gasteiger partial charge is 0.482 e. The molecule has 1 aliphatic carbocycles. The Balaban J connectivity index is 1.38. The Morgan fingerprint density at radius 1 is 1.24 bits per heavy atom. The second kappa shape index (κ2) is 7.45. The zero-order valence-corrected chi connectivity index (χ0v) is 17.0. The molecule has 5 rings (SSSR count). The van der Waals surface area contributed by atoms with E-state index in [4.69, 9.17) is 4.74 Å². The standard InChI is InChI=1S/C24H29N3O2/c1-24-14-20-19(13-17-7-3-2-4-8-17)26-21(24)10-5-11-22(24)27(20)23(28)16-29-18-9-6-12-25-15-18/h2-4,6-9,12,15,19-22,26H,5,10-11,13-14,16H2,1H3/t19-,20+,21-,22+,24-/m1/s1. The predicted octanol–water partition coefficient (Wildman–Crippen LogP) is 3.20. The van der Waals surface area contributed by atoms with E-state index in [9.17, 15) is 4.79 Å². The highest BCUT2D eigenvalue weighted by Crippen LogP contribution is 2.53. The van der Waals surface area contributed by atoms with Crippen LogP contribution in [0.5, 0.6) is 5.75 Å². The number of hydrogen-bond acceptors (Lipinski definition) is 4. The first-order valence-electron chi connectivity index (χ1n) is 10.8. The number of aromatic nitrogens is 1. The third kappa shape index (κ3) is 3.31. The maximum absolute atomic E-state index is 13.4. The molecule has 2 saturated heterocycles. The van der Waals surface area contributed by atoms with E-state index < -0.39 is 0 Å². The lowest BCUT2D eigenvalue weighted by atomic mass is 9.65. The monoisotopic (exact) mass is 391 g/mol. The van der Waals surface area contributed by atoms with Gasteiger partial charge < -0.3 is 15.0 Å². The van der Waals surface area contributed by atoms with Gasteiger partial charge in [0.05, 0.1) is 6.20 Å². The number of pyridine rings is 1. The van der Waals surface area contributed by atoms with E-state index >= 15 is 0 Å². The number of hydrogen-bond donors (Lipinski definition) is 1. The number of likely N-dealkylation sites (tertiary alicyclic amines) is 1. The van der Waals surface area contributed by atoms with E-state index in [1.54, 1.807) is 12.4 Å². The summed E-state index contributed by atoms with van der Waals surface area (Å²) < 4.78 is 5.78. The second-order valence-corrected chi connectivity index (χ2v) is 9.02. The highest BCUT2D eigenvalue weighted by molar-refractivity contribution is 5.79. The Morgan fingerprint density at radius 3 is 2.90 bits per heavy atom. The van der Waals surface area contributed by atoms with Gasteiger partial charge in [-0.3, -0.25) is 9.78 Å². The zero-order chi connectivity index (χ0) is 19.8. The van der Waals surface area contributed by atoms with E-state index in [0.717, 1.165) is 19.3 Å². The second-order valence-electron chi connectivity index (χ2n) is 9.02. The molecule has 0 radical (unpaired) electrons. The van der Waals surface area contributed by atoms with Crippen molar-refractivity contribution in [2.75, 3.05) is 6.61 Å². The molecule has 3 fully saturated rings. The molecule has 5 nitrogen and oxygen atoms in total. The summed E-state index contributed by atoms with van der Waals surface area (Å²) in [6.07, 6.45) is 8.90. The SMILES string of the molecule is C[C@@]12C[C@H]3[C@@H](Cc4ccccc4)N[C@@H]1CCC[C@@H]2N3C(=O)COc1cccnc1. The fraction of sp³-hybridized carbons (Fsp3) is 0.500. The summed E-state index contributed by atoms with van der Waals surface area (Å²) in [7, 11) is 0. The van der Waals surface area contributed by atoms with Gasteiger partial charge in [0.1, 0.15) is 5.75 Å². The lowest BCUT2D eigenvalue weighted by Crippen LogP contribution is -2.58. The van der Waals surface area contributed by atoms with Crippen LogP contribution in [0.2, 0.25) is 0 Å². The van der Waals surface area contributed by atoms with Crippen LogP contribution in [-0.4, -0.2) is 46.6 Å². The molecule has 1 aromatic carbocycles. The van der Waals surface area contributed by atoms with E-state index in [0.29, 0.717) is 23.9 Å². The average molecular weight is 392 g/mol. The van der Waals surface area contributed by atoms with Gasteiger partial charge in [-0.05, 0) is 49.8 Å². The molecule has 2 bridgehead atoms. The highest BCUT2D eigenvalue weighted by Gasteiger charge is 2.60.